The lowest BCUT2D eigenvalue weighted by molar-refractivity contribution is -0.359. The molecular formula is C52H89NO13. The van der Waals surface area contributed by atoms with Crippen LogP contribution in [0.1, 0.15) is 155 Å². The Morgan fingerprint density at radius 3 is 1.64 bits per heavy atom. The lowest BCUT2D eigenvalue weighted by Crippen LogP contribution is -2.65. The average molecular weight is 936 g/mol. The molecule has 9 N–H and O–H groups in total. The van der Waals surface area contributed by atoms with E-state index in [0.717, 1.165) is 83.5 Å². The van der Waals surface area contributed by atoms with Crippen LogP contribution in [0.5, 0.6) is 0 Å². The Bertz CT molecular complexity index is 1380. The van der Waals surface area contributed by atoms with Crippen molar-refractivity contribution in [2.24, 2.45) is 0 Å². The van der Waals surface area contributed by atoms with E-state index in [2.05, 4.69) is 79.9 Å². The summed E-state index contributed by atoms with van der Waals surface area (Å²) in [5, 5.41) is 86.6. The van der Waals surface area contributed by atoms with Crippen molar-refractivity contribution in [3.63, 3.8) is 0 Å². The van der Waals surface area contributed by atoms with Gasteiger partial charge in [-0.25, -0.2) is 0 Å². The van der Waals surface area contributed by atoms with Gasteiger partial charge in [0.05, 0.1) is 32.0 Å². The smallest absolute Gasteiger partial charge is 0.220 e. The maximum absolute atomic E-state index is 13.1. The van der Waals surface area contributed by atoms with E-state index in [-0.39, 0.29) is 18.9 Å². The first kappa shape index (κ1) is 59.6. The van der Waals surface area contributed by atoms with Crippen molar-refractivity contribution in [3.8, 4) is 0 Å². The van der Waals surface area contributed by atoms with Crippen LogP contribution >= 0.6 is 0 Å². The largest absolute Gasteiger partial charge is 0.394 e. The van der Waals surface area contributed by atoms with Crippen molar-refractivity contribution in [2.45, 2.75) is 229 Å². The minimum absolute atomic E-state index is 0.251. The Kier molecular flexibility index (Phi) is 34.6. The van der Waals surface area contributed by atoms with Crippen molar-refractivity contribution in [3.05, 3.63) is 72.9 Å². The lowest BCUT2D eigenvalue weighted by atomic mass is 9.97. The van der Waals surface area contributed by atoms with Gasteiger partial charge in [0.2, 0.25) is 5.91 Å². The normalized spacial score (nSPS) is 27.4. The maximum atomic E-state index is 13.1. The Hall–Kier alpha value is -2.57. The number of unbranched alkanes of at least 4 members (excludes halogenated alkanes) is 14. The van der Waals surface area contributed by atoms with Gasteiger partial charge in [0.15, 0.2) is 12.6 Å². The van der Waals surface area contributed by atoms with Gasteiger partial charge < -0.3 is 65.1 Å². The third-order valence-electron chi connectivity index (χ3n) is 11.8. The Morgan fingerprint density at radius 2 is 1.05 bits per heavy atom. The number of carbonyl (C=O) groups excluding carboxylic acids is 1. The van der Waals surface area contributed by atoms with Gasteiger partial charge in [-0.05, 0) is 77.0 Å². The van der Waals surface area contributed by atoms with E-state index < -0.39 is 86.8 Å². The van der Waals surface area contributed by atoms with Gasteiger partial charge in [-0.1, -0.05) is 145 Å². The molecule has 0 bridgehead atoms. The third-order valence-corrected chi connectivity index (χ3v) is 11.8. The molecule has 0 saturated carbocycles. The highest BCUT2D eigenvalue weighted by atomic mass is 16.7. The molecule has 0 spiro atoms. The van der Waals surface area contributed by atoms with E-state index in [9.17, 15) is 45.6 Å². The minimum Gasteiger partial charge on any atom is -0.394 e. The van der Waals surface area contributed by atoms with Crippen LogP contribution in [-0.4, -0.2) is 140 Å². The molecule has 2 fully saturated rings. The molecule has 0 aliphatic carbocycles. The lowest BCUT2D eigenvalue weighted by Gasteiger charge is -2.46. The number of rotatable bonds is 37. The number of carbonyl (C=O) groups is 1. The topological polar surface area (TPSA) is 228 Å². The fourth-order valence-electron chi connectivity index (χ4n) is 7.69. The minimum atomic E-state index is -1.80. The van der Waals surface area contributed by atoms with E-state index in [1.165, 1.54) is 38.5 Å². The van der Waals surface area contributed by atoms with Gasteiger partial charge in [-0.15, -0.1) is 0 Å². The molecule has 0 aromatic rings. The zero-order valence-corrected chi connectivity index (χ0v) is 40.2. The van der Waals surface area contributed by atoms with Gasteiger partial charge >= 0.3 is 0 Å². The summed E-state index contributed by atoms with van der Waals surface area (Å²) in [6, 6.07) is -0.946. The van der Waals surface area contributed by atoms with Gasteiger partial charge in [0.25, 0.3) is 0 Å². The first-order valence-electron chi connectivity index (χ1n) is 25.2. The molecule has 2 aliphatic heterocycles. The van der Waals surface area contributed by atoms with Crippen LogP contribution in [0.4, 0.5) is 0 Å². The van der Waals surface area contributed by atoms with Crippen LogP contribution in [0.3, 0.4) is 0 Å². The highest BCUT2D eigenvalue weighted by molar-refractivity contribution is 5.76. The first-order chi connectivity index (χ1) is 32.1. The van der Waals surface area contributed by atoms with Gasteiger partial charge in [0.1, 0.15) is 48.8 Å². The first-order valence-corrected chi connectivity index (χ1v) is 25.2. The van der Waals surface area contributed by atoms with Crippen molar-refractivity contribution in [1.29, 1.82) is 0 Å². The summed E-state index contributed by atoms with van der Waals surface area (Å²) in [7, 11) is 0. The quantitative estimate of drug-likeness (QED) is 0.0242. The van der Waals surface area contributed by atoms with E-state index in [0.29, 0.717) is 12.8 Å². The van der Waals surface area contributed by atoms with E-state index in [4.69, 9.17) is 18.9 Å². The summed E-state index contributed by atoms with van der Waals surface area (Å²) in [6.45, 7) is 2.63. The number of amides is 1. The summed E-state index contributed by atoms with van der Waals surface area (Å²) in [5.74, 6) is -0.272. The summed E-state index contributed by atoms with van der Waals surface area (Å²) >= 11 is 0. The maximum Gasteiger partial charge on any atom is 0.220 e. The molecule has 12 atom stereocenters. The summed E-state index contributed by atoms with van der Waals surface area (Å²) in [5.41, 5.74) is 0. The standard InChI is InChI=1S/C52H89NO13/c1-3-5-7-9-11-13-15-16-17-18-19-20-21-22-23-24-26-28-30-32-34-36-44(57)53-40(41(56)35-33-31-29-27-25-14-12-10-8-6-4-2)39-63-51-49(62)47(60)50(43(38-55)65-51)66-52-48(61)46(59)45(58)42(37-54)64-52/h8,10,15-16,18-19,21-22,25,27,33,35,40-43,45-52,54-56,58-62H,3-7,9,11-14,17,20,23-24,26,28-32,34,36-39H2,1-2H3,(H,53,57)/b10-8+,16-15-,19-18-,22-21-,27-25+,35-33+. The number of hydrogen-bond donors (Lipinski definition) is 9. The van der Waals surface area contributed by atoms with Crippen LogP contribution in [-0.2, 0) is 23.7 Å². The predicted octanol–water partition coefficient (Wildman–Crippen LogP) is 6.43. The molecule has 14 nitrogen and oxygen atoms in total. The van der Waals surface area contributed by atoms with E-state index in [1.54, 1.807) is 6.08 Å². The van der Waals surface area contributed by atoms with E-state index >= 15 is 0 Å². The van der Waals surface area contributed by atoms with Crippen molar-refractivity contribution >= 4 is 5.91 Å². The second kappa shape index (κ2) is 38.3. The fraction of sp³-hybridized carbons (Fsp3) is 0.750. The molecule has 380 valence electrons. The SMILES string of the molecule is CCC/C=C/CC/C=C/CC/C=C/C(O)C(COC1OC(CO)C(OC2OC(CO)C(O)C(O)C2O)C(O)C1O)NC(=O)CCCCCCCC/C=C\C/C=C\C/C=C\CCCCCCC. The third kappa shape index (κ3) is 25.2. The summed E-state index contributed by atoms with van der Waals surface area (Å²) in [4.78, 5) is 13.1. The van der Waals surface area contributed by atoms with Crippen molar-refractivity contribution in [2.75, 3.05) is 19.8 Å². The number of hydrogen-bond acceptors (Lipinski definition) is 13. The van der Waals surface area contributed by atoms with Crippen molar-refractivity contribution in [1.82, 2.24) is 5.32 Å². The number of allylic oxidation sites excluding steroid dienone is 11. The zero-order valence-electron chi connectivity index (χ0n) is 40.2. The molecule has 12 unspecified atom stereocenters. The highest BCUT2D eigenvalue weighted by Crippen LogP contribution is 2.30. The van der Waals surface area contributed by atoms with Crippen LogP contribution in [0, 0.1) is 0 Å². The van der Waals surface area contributed by atoms with Crippen LogP contribution < -0.4 is 5.32 Å². The second-order valence-corrected chi connectivity index (χ2v) is 17.6. The molecule has 14 heteroatoms. The molecule has 2 saturated heterocycles. The molecule has 0 aromatic carbocycles. The number of aliphatic hydroxyl groups is 8. The predicted molar refractivity (Wildman–Crippen MR) is 258 cm³/mol. The van der Waals surface area contributed by atoms with Gasteiger partial charge in [-0.3, -0.25) is 4.79 Å². The average Bonchev–Trinajstić information content (AvgIpc) is 3.31. The Morgan fingerprint density at radius 1 is 0.545 bits per heavy atom. The molecule has 2 heterocycles. The van der Waals surface area contributed by atoms with Gasteiger partial charge in [-0.2, -0.15) is 0 Å². The molecule has 2 rings (SSSR count). The van der Waals surface area contributed by atoms with Gasteiger partial charge in [0, 0.05) is 6.42 Å². The number of nitrogens with one attached hydrogen (secondary N) is 1. The highest BCUT2D eigenvalue weighted by Gasteiger charge is 2.51. The van der Waals surface area contributed by atoms with Crippen LogP contribution in [0.25, 0.3) is 0 Å². The summed E-state index contributed by atoms with van der Waals surface area (Å²) < 4.78 is 22.6. The van der Waals surface area contributed by atoms with Crippen LogP contribution in [0.15, 0.2) is 72.9 Å². The monoisotopic (exact) mass is 936 g/mol. The van der Waals surface area contributed by atoms with E-state index in [1.807, 2.05) is 6.08 Å². The molecule has 1 amide bonds. The van der Waals surface area contributed by atoms with Crippen LogP contribution in [0.2, 0.25) is 0 Å². The fourth-order valence-corrected chi connectivity index (χ4v) is 7.69. The molecule has 0 aromatic heterocycles. The second-order valence-electron chi connectivity index (χ2n) is 17.6. The summed E-state index contributed by atoms with van der Waals surface area (Å²) in [6.07, 6.45) is 30.9. The molecular weight excluding hydrogens is 847 g/mol. The molecule has 2 aliphatic rings. The molecule has 0 radical (unpaired) electrons. The Labute approximate surface area is 396 Å². The Balaban J connectivity index is 1.84. The number of aliphatic hydroxyl groups excluding tert-OH is 8. The number of ether oxygens (including phenoxy) is 4. The zero-order chi connectivity index (χ0) is 48.2. The van der Waals surface area contributed by atoms with Crippen molar-refractivity contribution < 1.29 is 64.6 Å². The molecule has 66 heavy (non-hydrogen) atoms.